The predicted octanol–water partition coefficient (Wildman–Crippen LogP) is 3.60. The number of nitrogens with zero attached hydrogens (tertiary/aromatic N) is 1. The van der Waals surface area contributed by atoms with E-state index in [-0.39, 0.29) is 0 Å². The molecule has 0 amide bonds. The number of nitrogens with one attached hydrogen (secondary N) is 1. The van der Waals surface area contributed by atoms with Gasteiger partial charge < -0.3 is 5.32 Å². The van der Waals surface area contributed by atoms with Crippen molar-refractivity contribution in [2.75, 3.05) is 19.6 Å². The highest BCUT2D eigenvalue weighted by molar-refractivity contribution is 5.28. The summed E-state index contributed by atoms with van der Waals surface area (Å²) in [5, 5.41) is 3.49. The third-order valence-electron chi connectivity index (χ3n) is 4.16. The van der Waals surface area contributed by atoms with Crippen LogP contribution in [0.1, 0.15) is 50.7 Å². The van der Waals surface area contributed by atoms with Crippen LogP contribution in [0.15, 0.2) is 24.3 Å². The Morgan fingerprint density at radius 3 is 2.60 bits per heavy atom. The number of hydrogen-bond acceptors (Lipinski definition) is 2. The average Bonchev–Trinajstić information content (AvgIpc) is 2.46. The molecule has 0 saturated carbocycles. The molecule has 0 saturated heterocycles. The van der Waals surface area contributed by atoms with Crippen LogP contribution in [0.2, 0.25) is 0 Å². The van der Waals surface area contributed by atoms with Gasteiger partial charge in [0.05, 0.1) is 0 Å². The van der Waals surface area contributed by atoms with Crippen LogP contribution in [0.5, 0.6) is 0 Å². The maximum absolute atomic E-state index is 3.49. The van der Waals surface area contributed by atoms with Crippen LogP contribution in [0, 0.1) is 0 Å². The standard InChI is InChI=1S/C18H30N2/c1-16(2)19-12-7-3-4-8-13-20-14-11-17-9-5-6-10-18(17)15-20/h5-6,9-10,16,19H,3-4,7-8,11-15H2,1-2H3. The molecule has 20 heavy (non-hydrogen) atoms. The van der Waals surface area contributed by atoms with E-state index < -0.39 is 0 Å². The highest BCUT2D eigenvalue weighted by atomic mass is 15.1. The summed E-state index contributed by atoms with van der Waals surface area (Å²) in [7, 11) is 0. The van der Waals surface area contributed by atoms with Crippen LogP contribution in [0.3, 0.4) is 0 Å². The molecule has 112 valence electrons. The van der Waals surface area contributed by atoms with Gasteiger partial charge in [-0.2, -0.15) is 0 Å². The van der Waals surface area contributed by atoms with Crippen LogP contribution < -0.4 is 5.32 Å². The van der Waals surface area contributed by atoms with Gasteiger partial charge in [0.25, 0.3) is 0 Å². The molecule has 0 unspecified atom stereocenters. The van der Waals surface area contributed by atoms with Crippen molar-refractivity contribution < 1.29 is 0 Å². The molecule has 1 aromatic carbocycles. The predicted molar refractivity (Wildman–Crippen MR) is 87.0 cm³/mol. The van der Waals surface area contributed by atoms with E-state index in [0.717, 1.165) is 6.54 Å². The molecule has 1 aliphatic rings. The number of unbranched alkanes of at least 4 members (excludes halogenated alkanes) is 3. The van der Waals surface area contributed by atoms with Gasteiger partial charge in [-0.1, -0.05) is 51.0 Å². The molecule has 0 radical (unpaired) electrons. The van der Waals surface area contributed by atoms with Crippen molar-refractivity contribution in [3.05, 3.63) is 35.4 Å². The van der Waals surface area contributed by atoms with Crippen LogP contribution in [0.25, 0.3) is 0 Å². The van der Waals surface area contributed by atoms with Crippen LogP contribution >= 0.6 is 0 Å². The largest absolute Gasteiger partial charge is 0.315 e. The fourth-order valence-electron chi connectivity index (χ4n) is 2.95. The lowest BCUT2D eigenvalue weighted by Gasteiger charge is -2.28. The maximum atomic E-state index is 3.49. The van der Waals surface area contributed by atoms with E-state index in [1.54, 1.807) is 11.1 Å². The summed E-state index contributed by atoms with van der Waals surface area (Å²) in [6.07, 6.45) is 6.64. The van der Waals surface area contributed by atoms with E-state index in [4.69, 9.17) is 0 Å². The first-order valence-electron chi connectivity index (χ1n) is 8.28. The van der Waals surface area contributed by atoms with E-state index >= 15 is 0 Å². The lowest BCUT2D eigenvalue weighted by molar-refractivity contribution is 0.248. The molecule has 1 heterocycles. The van der Waals surface area contributed by atoms with Crippen molar-refractivity contribution in [2.45, 2.75) is 58.5 Å². The molecule has 0 fully saturated rings. The van der Waals surface area contributed by atoms with E-state index in [9.17, 15) is 0 Å². The Morgan fingerprint density at radius 2 is 1.80 bits per heavy atom. The van der Waals surface area contributed by atoms with Gasteiger partial charge in [0.15, 0.2) is 0 Å². The fourth-order valence-corrected chi connectivity index (χ4v) is 2.95. The average molecular weight is 274 g/mol. The topological polar surface area (TPSA) is 15.3 Å². The molecule has 0 atom stereocenters. The maximum Gasteiger partial charge on any atom is 0.0236 e. The minimum atomic E-state index is 0.628. The van der Waals surface area contributed by atoms with Crippen LogP contribution in [-0.4, -0.2) is 30.6 Å². The van der Waals surface area contributed by atoms with Gasteiger partial charge in [-0.25, -0.2) is 0 Å². The summed E-state index contributed by atoms with van der Waals surface area (Å²) in [6, 6.07) is 9.54. The zero-order valence-electron chi connectivity index (χ0n) is 13.2. The van der Waals surface area contributed by atoms with E-state index in [1.807, 2.05) is 0 Å². The quantitative estimate of drug-likeness (QED) is 0.729. The molecule has 2 nitrogen and oxygen atoms in total. The molecule has 0 aliphatic carbocycles. The Hall–Kier alpha value is -0.860. The highest BCUT2D eigenvalue weighted by Crippen LogP contribution is 2.18. The Morgan fingerprint density at radius 1 is 1.05 bits per heavy atom. The zero-order valence-corrected chi connectivity index (χ0v) is 13.2. The Kier molecular flexibility index (Phi) is 6.55. The normalized spacial score (nSPS) is 15.6. The van der Waals surface area contributed by atoms with Crippen molar-refractivity contribution in [1.29, 1.82) is 0 Å². The van der Waals surface area contributed by atoms with Crippen molar-refractivity contribution in [1.82, 2.24) is 10.2 Å². The van der Waals surface area contributed by atoms with E-state index in [0.29, 0.717) is 6.04 Å². The smallest absolute Gasteiger partial charge is 0.0236 e. The Bertz CT molecular complexity index is 387. The Labute approximate surface area is 124 Å². The molecule has 2 heteroatoms. The molecule has 0 spiro atoms. The van der Waals surface area contributed by atoms with Crippen LogP contribution in [0.4, 0.5) is 0 Å². The molecule has 0 bridgehead atoms. The molecule has 0 aromatic heterocycles. The summed E-state index contributed by atoms with van der Waals surface area (Å²) < 4.78 is 0. The van der Waals surface area contributed by atoms with Crippen LogP contribution in [-0.2, 0) is 13.0 Å². The first kappa shape index (κ1) is 15.5. The summed E-state index contributed by atoms with van der Waals surface area (Å²) in [6.45, 7) is 9.28. The summed E-state index contributed by atoms with van der Waals surface area (Å²) >= 11 is 0. The van der Waals surface area contributed by atoms with Gasteiger partial charge in [-0.15, -0.1) is 0 Å². The fraction of sp³-hybridized carbons (Fsp3) is 0.667. The molecule has 2 rings (SSSR count). The van der Waals surface area contributed by atoms with Gasteiger partial charge in [0.2, 0.25) is 0 Å². The monoisotopic (exact) mass is 274 g/mol. The van der Waals surface area contributed by atoms with Gasteiger partial charge in [0.1, 0.15) is 0 Å². The van der Waals surface area contributed by atoms with E-state index in [2.05, 4.69) is 48.3 Å². The second-order valence-electron chi connectivity index (χ2n) is 6.32. The molecular weight excluding hydrogens is 244 g/mol. The van der Waals surface area contributed by atoms with Crippen molar-refractivity contribution in [2.24, 2.45) is 0 Å². The first-order valence-corrected chi connectivity index (χ1v) is 8.28. The number of fused-ring (bicyclic) bond motifs is 1. The molecule has 1 aliphatic heterocycles. The third-order valence-corrected chi connectivity index (χ3v) is 4.16. The summed E-state index contributed by atoms with van der Waals surface area (Å²) in [5.41, 5.74) is 3.10. The van der Waals surface area contributed by atoms with Gasteiger partial charge in [-0.05, 0) is 43.5 Å². The second-order valence-corrected chi connectivity index (χ2v) is 6.32. The minimum Gasteiger partial charge on any atom is -0.315 e. The first-order chi connectivity index (χ1) is 9.75. The Balaban J connectivity index is 1.55. The van der Waals surface area contributed by atoms with Crippen molar-refractivity contribution in [3.63, 3.8) is 0 Å². The lowest BCUT2D eigenvalue weighted by atomic mass is 10.00. The number of rotatable bonds is 8. The highest BCUT2D eigenvalue weighted by Gasteiger charge is 2.14. The summed E-state index contributed by atoms with van der Waals surface area (Å²) in [5.74, 6) is 0. The number of benzene rings is 1. The molecular formula is C18H30N2. The lowest BCUT2D eigenvalue weighted by Crippen LogP contribution is -2.31. The van der Waals surface area contributed by atoms with Gasteiger partial charge in [-0.3, -0.25) is 4.90 Å². The molecule has 1 aromatic rings. The van der Waals surface area contributed by atoms with Gasteiger partial charge in [0, 0.05) is 19.1 Å². The van der Waals surface area contributed by atoms with Crippen molar-refractivity contribution >= 4 is 0 Å². The van der Waals surface area contributed by atoms with Gasteiger partial charge >= 0.3 is 0 Å². The van der Waals surface area contributed by atoms with Crippen molar-refractivity contribution in [3.8, 4) is 0 Å². The zero-order chi connectivity index (χ0) is 14.2. The molecule has 1 N–H and O–H groups in total. The SMILES string of the molecule is CC(C)NCCCCCCN1CCc2ccccc2C1. The summed E-state index contributed by atoms with van der Waals surface area (Å²) in [4.78, 5) is 2.62. The second kappa shape index (κ2) is 8.43. The van der Waals surface area contributed by atoms with E-state index in [1.165, 1.54) is 51.7 Å². The third kappa shape index (κ3) is 5.26. The minimum absolute atomic E-state index is 0.628. The number of hydrogen-bond donors (Lipinski definition) is 1.